The number of hydrogen-bond donors (Lipinski definition) is 2. The summed E-state index contributed by atoms with van der Waals surface area (Å²) in [5.41, 5.74) is 0.471. The minimum absolute atomic E-state index is 0.486. The van der Waals surface area contributed by atoms with E-state index in [-0.39, 0.29) is 0 Å². The molecule has 1 aliphatic rings. The summed E-state index contributed by atoms with van der Waals surface area (Å²) in [5, 5.41) is 13.6. The van der Waals surface area contributed by atoms with Gasteiger partial charge < -0.3 is 19.9 Å². The number of rotatable bonds is 6. The molecular formula is C17H27NO3. The second-order valence-electron chi connectivity index (χ2n) is 6.53. The minimum atomic E-state index is -0.667. The average molecular weight is 293 g/mol. The summed E-state index contributed by atoms with van der Waals surface area (Å²) in [6.07, 6.45) is 1.71. The summed E-state index contributed by atoms with van der Waals surface area (Å²) in [7, 11) is 0. The van der Waals surface area contributed by atoms with E-state index < -0.39 is 5.60 Å². The van der Waals surface area contributed by atoms with Crippen molar-refractivity contribution in [1.82, 2.24) is 5.32 Å². The highest BCUT2D eigenvalue weighted by Crippen LogP contribution is 2.30. The maximum absolute atomic E-state index is 10.3. The van der Waals surface area contributed by atoms with E-state index >= 15 is 0 Å². The molecular weight excluding hydrogens is 266 g/mol. The van der Waals surface area contributed by atoms with Crippen LogP contribution in [0, 0.1) is 5.92 Å². The van der Waals surface area contributed by atoms with Crippen LogP contribution in [-0.2, 0) is 6.54 Å². The predicted molar refractivity (Wildman–Crippen MR) is 83.8 cm³/mol. The first-order valence-corrected chi connectivity index (χ1v) is 7.78. The van der Waals surface area contributed by atoms with Crippen LogP contribution in [-0.4, -0.2) is 30.5 Å². The molecule has 0 amide bonds. The van der Waals surface area contributed by atoms with E-state index in [0.29, 0.717) is 32.2 Å². The number of hydrogen-bond acceptors (Lipinski definition) is 4. The van der Waals surface area contributed by atoms with Crippen LogP contribution in [0.2, 0.25) is 0 Å². The molecule has 118 valence electrons. The van der Waals surface area contributed by atoms with E-state index in [4.69, 9.17) is 9.47 Å². The lowest BCUT2D eigenvalue weighted by molar-refractivity contribution is 0.0383. The van der Waals surface area contributed by atoms with E-state index in [1.54, 1.807) is 0 Å². The van der Waals surface area contributed by atoms with Gasteiger partial charge in [0.25, 0.3) is 0 Å². The summed E-state index contributed by atoms with van der Waals surface area (Å²) in [6, 6.07) is 6.02. The van der Waals surface area contributed by atoms with Crippen LogP contribution in [0.3, 0.4) is 0 Å². The van der Waals surface area contributed by atoms with Crippen molar-refractivity contribution in [1.29, 1.82) is 0 Å². The number of benzene rings is 1. The summed E-state index contributed by atoms with van der Waals surface area (Å²) in [5.74, 6) is 2.13. The topological polar surface area (TPSA) is 50.7 Å². The van der Waals surface area contributed by atoms with Gasteiger partial charge in [0, 0.05) is 19.5 Å². The molecule has 0 bridgehead atoms. The van der Waals surface area contributed by atoms with Gasteiger partial charge >= 0.3 is 0 Å². The lowest BCUT2D eigenvalue weighted by atomic mass is 9.94. The molecule has 0 saturated heterocycles. The van der Waals surface area contributed by atoms with Crippen LogP contribution < -0.4 is 14.8 Å². The molecule has 1 aliphatic heterocycles. The smallest absolute Gasteiger partial charge is 0.161 e. The zero-order valence-electron chi connectivity index (χ0n) is 13.3. The Labute approximate surface area is 127 Å². The number of ether oxygens (including phenoxy) is 2. The second kappa shape index (κ2) is 7.14. The first-order chi connectivity index (χ1) is 9.96. The molecule has 2 rings (SSSR count). The fourth-order valence-corrected chi connectivity index (χ4v) is 2.75. The van der Waals surface area contributed by atoms with Crippen LogP contribution >= 0.6 is 0 Å². The molecule has 0 radical (unpaired) electrons. The van der Waals surface area contributed by atoms with Crippen LogP contribution in [0.25, 0.3) is 0 Å². The maximum atomic E-state index is 10.3. The third kappa shape index (κ3) is 5.21. The van der Waals surface area contributed by atoms with E-state index in [0.717, 1.165) is 29.9 Å². The van der Waals surface area contributed by atoms with Crippen molar-refractivity contribution >= 4 is 0 Å². The summed E-state index contributed by atoms with van der Waals surface area (Å²) in [4.78, 5) is 0. The van der Waals surface area contributed by atoms with Gasteiger partial charge in [-0.25, -0.2) is 0 Å². The van der Waals surface area contributed by atoms with Crippen molar-refractivity contribution in [2.45, 2.75) is 45.8 Å². The van der Waals surface area contributed by atoms with Crippen LogP contribution in [0.15, 0.2) is 18.2 Å². The first-order valence-electron chi connectivity index (χ1n) is 7.78. The maximum Gasteiger partial charge on any atom is 0.161 e. The number of fused-ring (bicyclic) bond motifs is 1. The Balaban J connectivity index is 1.87. The van der Waals surface area contributed by atoms with E-state index in [9.17, 15) is 5.11 Å². The largest absolute Gasteiger partial charge is 0.490 e. The third-order valence-corrected chi connectivity index (χ3v) is 3.49. The molecule has 1 aromatic carbocycles. The summed E-state index contributed by atoms with van der Waals surface area (Å²) >= 11 is 0. The number of aliphatic hydroxyl groups is 1. The van der Waals surface area contributed by atoms with Crippen LogP contribution in [0.1, 0.15) is 39.2 Å². The van der Waals surface area contributed by atoms with Crippen molar-refractivity contribution < 1.29 is 14.6 Å². The SMILES string of the molecule is CC(C)CC(C)(O)CNCc1ccc2c(c1)OCCCO2. The van der Waals surface area contributed by atoms with Crippen molar-refractivity contribution in [3.63, 3.8) is 0 Å². The molecule has 21 heavy (non-hydrogen) atoms. The second-order valence-corrected chi connectivity index (χ2v) is 6.53. The molecule has 4 heteroatoms. The molecule has 2 N–H and O–H groups in total. The Morgan fingerprint density at radius 3 is 2.67 bits per heavy atom. The standard InChI is InChI=1S/C17H27NO3/c1-13(2)10-17(3,19)12-18-11-14-5-6-15-16(9-14)21-8-4-7-20-15/h5-6,9,13,18-19H,4,7-8,10-12H2,1-3H3. The lowest BCUT2D eigenvalue weighted by Crippen LogP contribution is -2.38. The molecule has 0 fully saturated rings. The van der Waals surface area contributed by atoms with E-state index in [1.165, 1.54) is 0 Å². The van der Waals surface area contributed by atoms with Crippen LogP contribution in [0.5, 0.6) is 11.5 Å². The van der Waals surface area contributed by atoms with Crippen LogP contribution in [0.4, 0.5) is 0 Å². The zero-order chi connectivity index (χ0) is 15.3. The molecule has 0 aromatic heterocycles. The van der Waals surface area contributed by atoms with Gasteiger partial charge in [0.15, 0.2) is 11.5 Å². The molecule has 1 unspecified atom stereocenters. The zero-order valence-corrected chi connectivity index (χ0v) is 13.3. The van der Waals surface area contributed by atoms with Gasteiger partial charge in [0.05, 0.1) is 18.8 Å². The highest BCUT2D eigenvalue weighted by atomic mass is 16.5. The van der Waals surface area contributed by atoms with Gasteiger partial charge in [-0.2, -0.15) is 0 Å². The summed E-state index contributed by atoms with van der Waals surface area (Å²) < 4.78 is 11.3. The highest BCUT2D eigenvalue weighted by molar-refractivity contribution is 5.43. The number of nitrogens with one attached hydrogen (secondary N) is 1. The predicted octanol–water partition coefficient (Wildman–Crippen LogP) is 2.73. The van der Waals surface area contributed by atoms with Gasteiger partial charge in [-0.05, 0) is 37.0 Å². The van der Waals surface area contributed by atoms with Gasteiger partial charge in [0.1, 0.15) is 0 Å². The molecule has 0 aliphatic carbocycles. The first kappa shape index (κ1) is 16.1. The van der Waals surface area contributed by atoms with Crippen molar-refractivity contribution in [3.8, 4) is 11.5 Å². The Bertz CT molecular complexity index is 457. The molecule has 0 spiro atoms. The fourth-order valence-electron chi connectivity index (χ4n) is 2.75. The van der Waals surface area contributed by atoms with Gasteiger partial charge in [-0.15, -0.1) is 0 Å². The molecule has 0 saturated carbocycles. The van der Waals surface area contributed by atoms with Crippen molar-refractivity contribution in [2.24, 2.45) is 5.92 Å². The van der Waals surface area contributed by atoms with Crippen molar-refractivity contribution in [2.75, 3.05) is 19.8 Å². The third-order valence-electron chi connectivity index (χ3n) is 3.49. The molecule has 1 atom stereocenters. The fraction of sp³-hybridized carbons (Fsp3) is 0.647. The molecule has 1 heterocycles. The molecule has 4 nitrogen and oxygen atoms in total. The monoisotopic (exact) mass is 293 g/mol. The quantitative estimate of drug-likeness (QED) is 0.847. The highest BCUT2D eigenvalue weighted by Gasteiger charge is 2.21. The van der Waals surface area contributed by atoms with Crippen molar-refractivity contribution in [3.05, 3.63) is 23.8 Å². The lowest BCUT2D eigenvalue weighted by Gasteiger charge is -2.25. The normalized spacial score (nSPS) is 17.4. The Kier molecular flexibility index (Phi) is 5.48. The van der Waals surface area contributed by atoms with E-state index in [2.05, 4.69) is 19.2 Å². The van der Waals surface area contributed by atoms with Gasteiger partial charge in [-0.1, -0.05) is 19.9 Å². The Hall–Kier alpha value is -1.26. The van der Waals surface area contributed by atoms with Gasteiger partial charge in [-0.3, -0.25) is 0 Å². The Morgan fingerprint density at radius 2 is 1.95 bits per heavy atom. The Morgan fingerprint density at radius 1 is 1.24 bits per heavy atom. The average Bonchev–Trinajstić information content (AvgIpc) is 2.61. The van der Waals surface area contributed by atoms with Gasteiger partial charge in [0.2, 0.25) is 0 Å². The minimum Gasteiger partial charge on any atom is -0.490 e. The van der Waals surface area contributed by atoms with E-state index in [1.807, 2.05) is 25.1 Å². The molecule has 1 aromatic rings. The summed E-state index contributed by atoms with van der Waals surface area (Å²) in [6.45, 7) is 8.84.